The molecule has 0 bridgehead atoms. The van der Waals surface area contributed by atoms with E-state index in [-0.39, 0.29) is 9.92 Å². The third-order valence-electron chi connectivity index (χ3n) is 2.75. The fourth-order valence-electron chi connectivity index (χ4n) is 1.70. The van der Waals surface area contributed by atoms with E-state index >= 15 is 0 Å². The van der Waals surface area contributed by atoms with Crippen molar-refractivity contribution in [3.05, 3.63) is 27.7 Å². The van der Waals surface area contributed by atoms with E-state index in [1.54, 1.807) is 17.8 Å². The zero-order valence-electron chi connectivity index (χ0n) is 12.1. The van der Waals surface area contributed by atoms with Crippen molar-refractivity contribution < 1.29 is 8.42 Å². The van der Waals surface area contributed by atoms with E-state index < -0.39 is 10.0 Å². The van der Waals surface area contributed by atoms with Crippen LogP contribution >= 0.6 is 35.0 Å². The Hall–Kier alpha value is 0.0200. The zero-order valence-corrected chi connectivity index (χ0v) is 15.2. The number of benzene rings is 1. The molecule has 0 radical (unpaired) electrons. The highest BCUT2D eigenvalue weighted by molar-refractivity contribution is 7.98. The lowest BCUT2D eigenvalue weighted by atomic mass is 10.2. The van der Waals surface area contributed by atoms with Crippen LogP contribution in [0.25, 0.3) is 0 Å². The second kappa shape index (κ2) is 9.22. The van der Waals surface area contributed by atoms with Crippen LogP contribution in [0.5, 0.6) is 0 Å². The summed E-state index contributed by atoms with van der Waals surface area (Å²) in [5, 5.41) is 3.69. The SMILES string of the molecule is CCNCc1cc(Cl)cc(S(=O)(=O)NCCCSC)c1Cl. The molecule has 1 rings (SSSR count). The summed E-state index contributed by atoms with van der Waals surface area (Å²) < 4.78 is 27.2. The average molecular weight is 371 g/mol. The minimum Gasteiger partial charge on any atom is -0.313 e. The smallest absolute Gasteiger partial charge is 0.242 e. The van der Waals surface area contributed by atoms with E-state index in [4.69, 9.17) is 23.2 Å². The Labute approximate surface area is 141 Å². The Balaban J connectivity index is 2.97. The maximum atomic E-state index is 12.3. The standard InChI is InChI=1S/C13H20Cl2N2O2S2/c1-3-16-9-10-7-11(14)8-12(13(10)15)21(18,19)17-5-4-6-20-2/h7-8,16-17H,3-6,9H2,1-2H3. The van der Waals surface area contributed by atoms with E-state index in [0.29, 0.717) is 23.7 Å². The molecular weight excluding hydrogens is 351 g/mol. The molecule has 21 heavy (non-hydrogen) atoms. The van der Waals surface area contributed by atoms with Crippen LogP contribution < -0.4 is 10.0 Å². The molecule has 0 heterocycles. The van der Waals surface area contributed by atoms with Crippen molar-refractivity contribution in [2.75, 3.05) is 25.1 Å². The maximum Gasteiger partial charge on any atom is 0.242 e. The Morgan fingerprint density at radius 3 is 2.62 bits per heavy atom. The molecular formula is C13H20Cl2N2O2S2. The molecule has 2 N–H and O–H groups in total. The monoisotopic (exact) mass is 370 g/mol. The quantitative estimate of drug-likeness (QED) is 0.655. The number of thioether (sulfide) groups is 1. The molecule has 0 aliphatic carbocycles. The van der Waals surface area contributed by atoms with E-state index in [2.05, 4.69) is 10.0 Å². The topological polar surface area (TPSA) is 58.2 Å². The molecule has 1 aromatic carbocycles. The van der Waals surface area contributed by atoms with Gasteiger partial charge in [0.25, 0.3) is 0 Å². The Morgan fingerprint density at radius 2 is 2.00 bits per heavy atom. The highest BCUT2D eigenvalue weighted by Crippen LogP contribution is 2.29. The second-order valence-corrected chi connectivity index (χ2v) is 7.94. The number of rotatable bonds is 9. The highest BCUT2D eigenvalue weighted by atomic mass is 35.5. The van der Waals surface area contributed by atoms with Gasteiger partial charge >= 0.3 is 0 Å². The summed E-state index contributed by atoms with van der Waals surface area (Å²) in [6.07, 6.45) is 2.75. The molecule has 0 saturated carbocycles. The zero-order chi connectivity index (χ0) is 15.9. The summed E-state index contributed by atoms with van der Waals surface area (Å²) in [4.78, 5) is 0.0359. The van der Waals surface area contributed by atoms with Gasteiger partial charge in [-0.25, -0.2) is 13.1 Å². The fourth-order valence-corrected chi connectivity index (χ4v) is 4.14. The van der Waals surface area contributed by atoms with Crippen LogP contribution in [0.4, 0.5) is 0 Å². The van der Waals surface area contributed by atoms with E-state index in [0.717, 1.165) is 18.7 Å². The molecule has 1 aromatic rings. The lowest BCUT2D eigenvalue weighted by Crippen LogP contribution is -2.26. The highest BCUT2D eigenvalue weighted by Gasteiger charge is 2.20. The summed E-state index contributed by atoms with van der Waals surface area (Å²) in [5.41, 5.74) is 0.676. The van der Waals surface area contributed by atoms with Gasteiger partial charge in [-0.05, 0) is 42.7 Å². The normalized spacial score (nSPS) is 11.8. The molecule has 4 nitrogen and oxygen atoms in total. The molecule has 8 heteroatoms. The Kier molecular flexibility index (Phi) is 8.38. The lowest BCUT2D eigenvalue weighted by molar-refractivity contribution is 0.581. The van der Waals surface area contributed by atoms with Crippen LogP contribution in [-0.4, -0.2) is 33.5 Å². The maximum absolute atomic E-state index is 12.3. The van der Waals surface area contributed by atoms with Crippen molar-refractivity contribution in [2.45, 2.75) is 24.8 Å². The summed E-state index contributed by atoms with van der Waals surface area (Å²) in [5.74, 6) is 0.900. The van der Waals surface area contributed by atoms with Crippen molar-refractivity contribution >= 4 is 45.0 Å². The lowest BCUT2D eigenvalue weighted by Gasteiger charge is -2.12. The predicted octanol–water partition coefficient (Wildman–Crippen LogP) is 3.13. The van der Waals surface area contributed by atoms with Crippen molar-refractivity contribution in [3.8, 4) is 0 Å². The molecule has 0 aliphatic heterocycles. The van der Waals surface area contributed by atoms with Crippen molar-refractivity contribution in [2.24, 2.45) is 0 Å². The molecule has 120 valence electrons. The van der Waals surface area contributed by atoms with E-state index in [9.17, 15) is 8.42 Å². The van der Waals surface area contributed by atoms with Crippen LogP contribution in [0.3, 0.4) is 0 Å². The minimum atomic E-state index is -3.64. The number of hydrogen-bond acceptors (Lipinski definition) is 4. The van der Waals surface area contributed by atoms with Crippen LogP contribution in [0.2, 0.25) is 10.0 Å². The summed E-state index contributed by atoms with van der Waals surface area (Å²) in [6.45, 7) is 3.58. The number of halogens is 2. The predicted molar refractivity (Wildman–Crippen MR) is 92.0 cm³/mol. The van der Waals surface area contributed by atoms with Crippen molar-refractivity contribution in [1.29, 1.82) is 0 Å². The van der Waals surface area contributed by atoms with Gasteiger partial charge in [0.1, 0.15) is 4.90 Å². The first-order valence-corrected chi connectivity index (χ1v) is 10.2. The van der Waals surface area contributed by atoms with Gasteiger partial charge in [-0.3, -0.25) is 0 Å². The van der Waals surface area contributed by atoms with Crippen LogP contribution in [0.15, 0.2) is 17.0 Å². The average Bonchev–Trinajstić information content (AvgIpc) is 2.44. The molecule has 0 unspecified atom stereocenters. The first-order chi connectivity index (χ1) is 9.92. The number of nitrogens with one attached hydrogen (secondary N) is 2. The summed E-state index contributed by atoms with van der Waals surface area (Å²) in [6, 6.07) is 3.07. The fraction of sp³-hybridized carbons (Fsp3) is 0.538. The van der Waals surface area contributed by atoms with Gasteiger partial charge in [0.2, 0.25) is 10.0 Å². The summed E-state index contributed by atoms with van der Waals surface area (Å²) in [7, 11) is -3.64. The molecule has 0 aliphatic rings. The Bertz CT molecular complexity index is 566. The van der Waals surface area contributed by atoms with E-state index in [1.165, 1.54) is 6.07 Å². The van der Waals surface area contributed by atoms with Crippen LogP contribution in [0.1, 0.15) is 18.9 Å². The van der Waals surface area contributed by atoms with Gasteiger partial charge in [-0.15, -0.1) is 0 Å². The Morgan fingerprint density at radius 1 is 1.29 bits per heavy atom. The van der Waals surface area contributed by atoms with Crippen molar-refractivity contribution in [3.63, 3.8) is 0 Å². The molecule has 0 aromatic heterocycles. The third kappa shape index (κ3) is 5.96. The first-order valence-electron chi connectivity index (χ1n) is 6.59. The van der Waals surface area contributed by atoms with Gasteiger partial charge in [0, 0.05) is 18.1 Å². The van der Waals surface area contributed by atoms with Gasteiger partial charge < -0.3 is 5.32 Å². The third-order valence-corrected chi connectivity index (χ3v) is 5.71. The van der Waals surface area contributed by atoms with Crippen LogP contribution in [-0.2, 0) is 16.6 Å². The minimum absolute atomic E-state index is 0.0359. The molecule has 0 spiro atoms. The largest absolute Gasteiger partial charge is 0.313 e. The molecule has 0 saturated heterocycles. The van der Waals surface area contributed by atoms with Crippen LogP contribution in [0, 0.1) is 0 Å². The van der Waals surface area contributed by atoms with E-state index in [1.807, 2.05) is 13.2 Å². The second-order valence-electron chi connectivity index (χ2n) is 4.40. The van der Waals surface area contributed by atoms with Crippen molar-refractivity contribution in [1.82, 2.24) is 10.0 Å². The number of hydrogen-bond donors (Lipinski definition) is 2. The van der Waals surface area contributed by atoms with Gasteiger partial charge in [0.15, 0.2) is 0 Å². The molecule has 0 atom stereocenters. The van der Waals surface area contributed by atoms with Gasteiger partial charge in [-0.2, -0.15) is 11.8 Å². The van der Waals surface area contributed by atoms with Gasteiger partial charge in [-0.1, -0.05) is 30.1 Å². The first kappa shape index (κ1) is 19.1. The summed E-state index contributed by atoms with van der Waals surface area (Å²) >= 11 is 13.9. The van der Waals surface area contributed by atoms with Gasteiger partial charge in [0.05, 0.1) is 5.02 Å². The molecule has 0 amide bonds. The number of sulfonamides is 1. The molecule has 0 fully saturated rings.